The Balaban J connectivity index is 2.29. The van der Waals surface area contributed by atoms with Crippen LogP contribution in [0.5, 0.6) is 11.6 Å². The maximum Gasteiger partial charge on any atom is 0.226 e. The number of benzene rings is 1. The van der Waals surface area contributed by atoms with Gasteiger partial charge in [0.25, 0.3) is 0 Å². The van der Waals surface area contributed by atoms with E-state index < -0.39 is 0 Å². The van der Waals surface area contributed by atoms with Crippen LogP contribution in [-0.2, 0) is 0 Å². The summed E-state index contributed by atoms with van der Waals surface area (Å²) in [4.78, 5) is 8.24. The number of nitrogens with one attached hydrogen (secondary N) is 1. The SMILES string of the molecule is CCCNc1cc(Oc2c(C)cc(Cl)cc2C)nc(N)n1. The van der Waals surface area contributed by atoms with E-state index in [1.807, 2.05) is 26.0 Å². The fourth-order valence-corrected chi connectivity index (χ4v) is 2.33. The topological polar surface area (TPSA) is 73.1 Å². The quantitative estimate of drug-likeness (QED) is 0.875. The van der Waals surface area contributed by atoms with E-state index in [0.29, 0.717) is 16.7 Å². The van der Waals surface area contributed by atoms with Crippen molar-refractivity contribution in [1.29, 1.82) is 0 Å². The Morgan fingerprint density at radius 1 is 1.19 bits per heavy atom. The molecule has 0 saturated heterocycles. The molecule has 0 unspecified atom stereocenters. The lowest BCUT2D eigenvalue weighted by Crippen LogP contribution is -2.06. The van der Waals surface area contributed by atoms with Crippen LogP contribution >= 0.6 is 11.6 Å². The van der Waals surface area contributed by atoms with Gasteiger partial charge in [0.15, 0.2) is 0 Å². The van der Waals surface area contributed by atoms with Gasteiger partial charge in [-0.1, -0.05) is 18.5 Å². The Bertz CT molecular complexity index is 623. The molecular formula is C15H19ClN4O. The van der Waals surface area contributed by atoms with Crippen LogP contribution in [0.25, 0.3) is 0 Å². The van der Waals surface area contributed by atoms with Crippen LogP contribution in [0, 0.1) is 13.8 Å². The highest BCUT2D eigenvalue weighted by atomic mass is 35.5. The number of ether oxygens (including phenoxy) is 1. The highest BCUT2D eigenvalue weighted by Gasteiger charge is 2.10. The number of anilines is 2. The van der Waals surface area contributed by atoms with Gasteiger partial charge in [0.05, 0.1) is 0 Å². The van der Waals surface area contributed by atoms with E-state index in [9.17, 15) is 0 Å². The van der Waals surface area contributed by atoms with Gasteiger partial charge in [0.2, 0.25) is 11.8 Å². The molecule has 1 aromatic heterocycles. The summed E-state index contributed by atoms with van der Waals surface area (Å²) in [5.74, 6) is 1.98. The highest BCUT2D eigenvalue weighted by molar-refractivity contribution is 6.30. The van der Waals surface area contributed by atoms with Crippen LogP contribution in [0.1, 0.15) is 24.5 Å². The molecule has 0 radical (unpaired) electrons. The van der Waals surface area contributed by atoms with Crippen LogP contribution in [0.4, 0.5) is 11.8 Å². The van der Waals surface area contributed by atoms with Gasteiger partial charge in [-0.15, -0.1) is 0 Å². The largest absolute Gasteiger partial charge is 0.438 e. The predicted molar refractivity (Wildman–Crippen MR) is 86.2 cm³/mol. The molecule has 0 fully saturated rings. The predicted octanol–water partition coefficient (Wildman–Crippen LogP) is 3.94. The van der Waals surface area contributed by atoms with Crippen molar-refractivity contribution in [2.45, 2.75) is 27.2 Å². The van der Waals surface area contributed by atoms with Crippen LogP contribution in [0.2, 0.25) is 5.02 Å². The maximum atomic E-state index is 6.02. The summed E-state index contributed by atoms with van der Waals surface area (Å²) in [6, 6.07) is 5.44. The molecule has 6 heteroatoms. The lowest BCUT2D eigenvalue weighted by molar-refractivity contribution is 0.456. The number of nitrogens with zero attached hydrogens (tertiary/aromatic N) is 2. The zero-order valence-electron chi connectivity index (χ0n) is 12.4. The highest BCUT2D eigenvalue weighted by Crippen LogP contribution is 2.31. The Hall–Kier alpha value is -2.01. The zero-order chi connectivity index (χ0) is 15.4. The molecule has 2 rings (SSSR count). The van der Waals surface area contributed by atoms with Gasteiger partial charge >= 0.3 is 0 Å². The van der Waals surface area contributed by atoms with Crippen molar-refractivity contribution in [3.05, 3.63) is 34.3 Å². The van der Waals surface area contributed by atoms with E-state index in [1.165, 1.54) is 0 Å². The molecule has 0 saturated carbocycles. The minimum atomic E-state index is 0.176. The van der Waals surface area contributed by atoms with E-state index in [0.717, 1.165) is 29.8 Å². The molecule has 0 amide bonds. The molecule has 2 aromatic rings. The van der Waals surface area contributed by atoms with E-state index in [-0.39, 0.29) is 5.95 Å². The summed E-state index contributed by atoms with van der Waals surface area (Å²) in [6.07, 6.45) is 0.996. The number of hydrogen-bond donors (Lipinski definition) is 2. The fraction of sp³-hybridized carbons (Fsp3) is 0.333. The lowest BCUT2D eigenvalue weighted by Gasteiger charge is -2.13. The molecule has 21 heavy (non-hydrogen) atoms. The van der Waals surface area contributed by atoms with E-state index in [1.54, 1.807) is 6.07 Å². The monoisotopic (exact) mass is 306 g/mol. The maximum absolute atomic E-state index is 6.02. The van der Waals surface area contributed by atoms with Gasteiger partial charge in [-0.3, -0.25) is 0 Å². The number of hydrogen-bond acceptors (Lipinski definition) is 5. The molecular weight excluding hydrogens is 288 g/mol. The van der Waals surface area contributed by atoms with Crippen LogP contribution in [-0.4, -0.2) is 16.5 Å². The molecule has 1 aromatic carbocycles. The van der Waals surface area contributed by atoms with Crippen molar-refractivity contribution < 1.29 is 4.74 Å². The van der Waals surface area contributed by atoms with Crippen molar-refractivity contribution in [2.75, 3.05) is 17.6 Å². The third kappa shape index (κ3) is 3.98. The lowest BCUT2D eigenvalue weighted by atomic mass is 10.1. The summed E-state index contributed by atoms with van der Waals surface area (Å²) in [5, 5.41) is 3.85. The molecule has 0 aliphatic heterocycles. The molecule has 0 atom stereocenters. The second kappa shape index (κ2) is 6.63. The first-order valence-corrected chi connectivity index (χ1v) is 7.20. The Morgan fingerprint density at radius 2 is 1.86 bits per heavy atom. The zero-order valence-corrected chi connectivity index (χ0v) is 13.2. The van der Waals surface area contributed by atoms with Gasteiger partial charge in [-0.05, 0) is 43.5 Å². The first-order chi connectivity index (χ1) is 9.99. The van der Waals surface area contributed by atoms with Gasteiger partial charge in [0.1, 0.15) is 11.6 Å². The molecule has 3 N–H and O–H groups in total. The Labute approximate surface area is 129 Å². The molecule has 0 spiro atoms. The van der Waals surface area contributed by atoms with Crippen molar-refractivity contribution >= 4 is 23.4 Å². The van der Waals surface area contributed by atoms with Crippen molar-refractivity contribution in [1.82, 2.24) is 9.97 Å². The normalized spacial score (nSPS) is 10.5. The molecule has 0 bridgehead atoms. The van der Waals surface area contributed by atoms with Crippen molar-refractivity contribution in [3.63, 3.8) is 0 Å². The molecule has 112 valence electrons. The molecule has 0 aliphatic carbocycles. The standard InChI is InChI=1S/C15H19ClN4O/c1-4-5-18-12-8-13(20-15(17)19-12)21-14-9(2)6-11(16)7-10(14)3/h6-8H,4-5H2,1-3H3,(H3,17,18,19,20). The Morgan fingerprint density at radius 3 is 2.48 bits per heavy atom. The third-order valence-electron chi connectivity index (χ3n) is 2.91. The molecule has 1 heterocycles. The number of nitrogen functional groups attached to an aromatic ring is 1. The first-order valence-electron chi connectivity index (χ1n) is 6.82. The van der Waals surface area contributed by atoms with Crippen LogP contribution < -0.4 is 15.8 Å². The minimum absolute atomic E-state index is 0.176. The number of rotatable bonds is 5. The smallest absolute Gasteiger partial charge is 0.226 e. The van der Waals surface area contributed by atoms with Crippen LogP contribution in [0.3, 0.4) is 0 Å². The van der Waals surface area contributed by atoms with Crippen molar-refractivity contribution in [2.24, 2.45) is 0 Å². The van der Waals surface area contributed by atoms with Gasteiger partial charge in [-0.25, -0.2) is 0 Å². The fourth-order valence-electron chi connectivity index (χ4n) is 2.00. The van der Waals surface area contributed by atoms with E-state index in [4.69, 9.17) is 22.1 Å². The van der Waals surface area contributed by atoms with Crippen LogP contribution in [0.15, 0.2) is 18.2 Å². The second-order valence-electron chi connectivity index (χ2n) is 4.85. The summed E-state index contributed by atoms with van der Waals surface area (Å²) in [5.41, 5.74) is 7.61. The average Bonchev–Trinajstić information content (AvgIpc) is 2.40. The summed E-state index contributed by atoms with van der Waals surface area (Å²) < 4.78 is 5.87. The summed E-state index contributed by atoms with van der Waals surface area (Å²) in [7, 11) is 0. The third-order valence-corrected chi connectivity index (χ3v) is 3.13. The average molecular weight is 307 g/mol. The number of aryl methyl sites for hydroxylation is 2. The van der Waals surface area contributed by atoms with E-state index in [2.05, 4.69) is 22.2 Å². The van der Waals surface area contributed by atoms with Gasteiger partial charge in [-0.2, -0.15) is 9.97 Å². The van der Waals surface area contributed by atoms with Gasteiger partial charge in [0, 0.05) is 17.6 Å². The second-order valence-corrected chi connectivity index (χ2v) is 5.28. The van der Waals surface area contributed by atoms with Gasteiger partial charge < -0.3 is 15.8 Å². The number of nitrogens with two attached hydrogens (primary N) is 1. The molecule has 5 nitrogen and oxygen atoms in total. The first kappa shape index (κ1) is 15.4. The summed E-state index contributed by atoms with van der Waals surface area (Å²) in [6.45, 7) is 6.77. The summed E-state index contributed by atoms with van der Waals surface area (Å²) >= 11 is 6.02. The molecule has 0 aliphatic rings. The number of aromatic nitrogens is 2. The van der Waals surface area contributed by atoms with E-state index >= 15 is 0 Å². The number of halogens is 1. The Kier molecular flexibility index (Phi) is 4.85. The van der Waals surface area contributed by atoms with Crippen molar-refractivity contribution in [3.8, 4) is 11.6 Å². The minimum Gasteiger partial charge on any atom is -0.438 e.